The van der Waals surface area contributed by atoms with Crippen LogP contribution in [0, 0.1) is 34.0 Å². The lowest BCUT2D eigenvalue weighted by Gasteiger charge is -2.36. The van der Waals surface area contributed by atoms with Crippen LogP contribution in [0.1, 0.15) is 16.7 Å². The summed E-state index contributed by atoms with van der Waals surface area (Å²) >= 11 is 0. The highest BCUT2D eigenvalue weighted by Gasteiger charge is 2.43. The second kappa shape index (κ2) is 12.6. The topological polar surface area (TPSA) is 76.3 Å². The van der Waals surface area contributed by atoms with E-state index in [2.05, 4.69) is 138 Å². The summed E-state index contributed by atoms with van der Waals surface area (Å²) in [5, 5.41) is 37.6. The fraction of sp³-hybridized carbons (Fsp3) is 0. The Morgan fingerprint density at radius 3 is 1.56 bits per heavy atom. The van der Waals surface area contributed by atoms with Crippen LogP contribution in [0.4, 0.5) is 0 Å². The molecule has 0 unspecified atom stereocenters. The van der Waals surface area contributed by atoms with Crippen molar-refractivity contribution in [1.29, 1.82) is 15.8 Å². The van der Waals surface area contributed by atoms with Gasteiger partial charge in [-0.3, -0.25) is 0 Å². The number of para-hydroxylation sites is 1. The Kier molecular flexibility index (Phi) is 7.63. The van der Waals surface area contributed by atoms with Gasteiger partial charge in [0.2, 0.25) is 0 Å². The molecule has 50 heavy (non-hydrogen) atoms. The largest absolute Gasteiger partial charge is 0.307 e. The zero-order valence-electron chi connectivity index (χ0n) is 27.0. The highest BCUT2D eigenvalue weighted by molar-refractivity contribution is 7.20. The van der Waals surface area contributed by atoms with Gasteiger partial charge in [0.05, 0.1) is 45.5 Å². The molecule has 7 aromatic carbocycles. The fourth-order valence-electron chi connectivity index (χ4n) is 7.59. The molecule has 0 amide bonds. The molecule has 0 saturated carbocycles. The Morgan fingerprint density at radius 2 is 0.960 bits per heavy atom. The number of hydrogen-bond donors (Lipinski definition) is 0. The Hall–Kier alpha value is -6.97. The highest BCUT2D eigenvalue weighted by Crippen LogP contribution is 2.39. The van der Waals surface area contributed by atoms with E-state index in [0.29, 0.717) is 22.4 Å². The molecule has 0 aliphatic heterocycles. The van der Waals surface area contributed by atoms with Crippen molar-refractivity contribution in [3.63, 3.8) is 0 Å². The number of fused-ring (bicyclic) bond motifs is 3. The minimum Gasteiger partial charge on any atom is -0.307 e. The molecule has 0 N–H and O–H groups in total. The van der Waals surface area contributed by atoms with Crippen molar-refractivity contribution in [2.45, 2.75) is 0 Å². The number of nitrogens with zero attached hydrogens (tertiary/aromatic N) is 4. The molecule has 1 aromatic heterocycles. The van der Waals surface area contributed by atoms with Crippen molar-refractivity contribution < 1.29 is 0 Å². The van der Waals surface area contributed by atoms with Crippen molar-refractivity contribution in [3.8, 4) is 35.0 Å². The van der Waals surface area contributed by atoms with Gasteiger partial charge >= 0.3 is 0 Å². The van der Waals surface area contributed by atoms with Crippen LogP contribution in [0.5, 0.6) is 0 Å². The summed E-state index contributed by atoms with van der Waals surface area (Å²) in [6.07, 6.45) is 0. The first kappa shape index (κ1) is 30.4. The van der Waals surface area contributed by atoms with Crippen molar-refractivity contribution in [3.05, 3.63) is 187 Å². The first-order valence-electron chi connectivity index (χ1n) is 16.4. The molecular weight excluding hydrogens is 625 g/mol. The summed E-state index contributed by atoms with van der Waals surface area (Å²) in [5.74, 6) is 0. The monoisotopic (exact) mass is 652 g/mol. The maximum Gasteiger partial charge on any atom is 0.180 e. The molecule has 0 aliphatic carbocycles. The lowest BCUT2D eigenvalue weighted by Crippen LogP contribution is -2.75. The smallest absolute Gasteiger partial charge is 0.180 e. The van der Waals surface area contributed by atoms with Gasteiger partial charge in [-0.2, -0.15) is 15.8 Å². The first-order chi connectivity index (χ1) is 24.7. The Balaban J connectivity index is 1.56. The van der Waals surface area contributed by atoms with E-state index in [1.165, 1.54) is 15.6 Å². The van der Waals surface area contributed by atoms with Gasteiger partial charge in [0.1, 0.15) is 6.07 Å². The van der Waals surface area contributed by atoms with Crippen LogP contribution in [0.25, 0.3) is 38.6 Å². The van der Waals surface area contributed by atoms with E-state index in [0.717, 1.165) is 38.1 Å². The predicted octanol–water partition coefficient (Wildman–Crippen LogP) is 7.44. The average Bonchev–Trinajstić information content (AvgIpc) is 3.52. The number of benzene rings is 7. The second-order valence-electron chi connectivity index (χ2n) is 12.2. The van der Waals surface area contributed by atoms with Crippen molar-refractivity contribution in [2.75, 3.05) is 0 Å². The van der Waals surface area contributed by atoms with Gasteiger partial charge in [-0.25, -0.2) is 0 Å². The van der Waals surface area contributed by atoms with Crippen molar-refractivity contribution in [1.82, 2.24) is 4.57 Å². The summed E-state index contributed by atoms with van der Waals surface area (Å²) in [4.78, 5) is 0. The van der Waals surface area contributed by atoms with Crippen LogP contribution in [-0.2, 0) is 0 Å². The molecule has 8 rings (SSSR count). The fourth-order valence-corrected chi connectivity index (χ4v) is 12.6. The van der Waals surface area contributed by atoms with E-state index >= 15 is 0 Å². The molecule has 4 nitrogen and oxygen atoms in total. The minimum atomic E-state index is -3.02. The van der Waals surface area contributed by atoms with Crippen LogP contribution in [0.2, 0.25) is 0 Å². The van der Waals surface area contributed by atoms with E-state index in [1.807, 2.05) is 48.5 Å². The highest BCUT2D eigenvalue weighted by atomic mass is 28.3. The van der Waals surface area contributed by atoms with Crippen LogP contribution < -0.4 is 20.7 Å². The van der Waals surface area contributed by atoms with Gasteiger partial charge in [0.25, 0.3) is 0 Å². The van der Waals surface area contributed by atoms with Gasteiger partial charge in [-0.15, -0.1) is 0 Å². The lowest BCUT2D eigenvalue weighted by molar-refractivity contribution is 1.17. The molecule has 0 saturated heterocycles. The number of hydrogen-bond acceptors (Lipinski definition) is 3. The summed E-state index contributed by atoms with van der Waals surface area (Å²) in [6.45, 7) is 0. The molecule has 8 aromatic rings. The SMILES string of the molecule is N#Cc1cc(C#N)c(-n2c3ccccc3c3cc(C#N)ccc32)c(-c2ccccc2[Si](c2ccccc2)(c2ccccc2)c2ccccc2)c1. The van der Waals surface area contributed by atoms with Gasteiger partial charge in [0.15, 0.2) is 8.07 Å². The number of rotatable bonds is 6. The zero-order valence-corrected chi connectivity index (χ0v) is 28.0. The van der Waals surface area contributed by atoms with E-state index in [9.17, 15) is 15.8 Å². The third-order valence-electron chi connectivity index (χ3n) is 9.63. The summed E-state index contributed by atoms with van der Waals surface area (Å²) < 4.78 is 2.13. The third-order valence-corrected chi connectivity index (χ3v) is 14.5. The first-order valence-corrected chi connectivity index (χ1v) is 18.4. The summed E-state index contributed by atoms with van der Waals surface area (Å²) in [6, 6.07) is 65.2. The van der Waals surface area contributed by atoms with Gasteiger partial charge < -0.3 is 4.57 Å². The van der Waals surface area contributed by atoms with Crippen LogP contribution >= 0.6 is 0 Å². The molecule has 0 atom stereocenters. The number of nitriles is 3. The predicted molar refractivity (Wildman–Crippen MR) is 204 cm³/mol. The van der Waals surface area contributed by atoms with Crippen molar-refractivity contribution >= 4 is 50.6 Å². The lowest BCUT2D eigenvalue weighted by atomic mass is 9.97. The average molecular weight is 653 g/mol. The molecule has 1 heterocycles. The molecule has 0 spiro atoms. The molecule has 0 fully saturated rings. The third kappa shape index (κ3) is 4.72. The molecule has 0 bridgehead atoms. The van der Waals surface area contributed by atoms with E-state index in [4.69, 9.17) is 0 Å². The Labute approximate surface area is 291 Å². The molecule has 0 radical (unpaired) electrons. The zero-order chi connectivity index (χ0) is 34.1. The quantitative estimate of drug-likeness (QED) is 0.138. The standard InChI is InChI=1S/C45H28N4Si/c46-29-32-24-25-43-40(27-32)38-20-10-12-22-42(38)49(43)45-34(31-48)26-33(30-47)28-41(45)39-21-11-13-23-44(39)50(35-14-4-1-5-15-35,36-16-6-2-7-17-36)37-18-8-3-9-19-37/h1-28H. The molecule has 232 valence electrons. The van der Waals surface area contributed by atoms with Crippen LogP contribution in [0.3, 0.4) is 0 Å². The Bertz CT molecular complexity index is 2580. The van der Waals surface area contributed by atoms with Crippen LogP contribution in [0.15, 0.2) is 170 Å². The van der Waals surface area contributed by atoms with Gasteiger partial charge in [-0.05, 0) is 62.7 Å². The summed E-state index contributed by atoms with van der Waals surface area (Å²) in [5.41, 5.74) is 5.61. The van der Waals surface area contributed by atoms with Crippen LogP contribution in [-0.4, -0.2) is 12.6 Å². The molecular formula is C45H28N4Si. The normalized spacial score (nSPS) is 11.1. The van der Waals surface area contributed by atoms with Gasteiger partial charge in [0, 0.05) is 16.3 Å². The molecule has 5 heteroatoms. The maximum absolute atomic E-state index is 10.8. The van der Waals surface area contributed by atoms with E-state index < -0.39 is 8.07 Å². The van der Waals surface area contributed by atoms with Crippen molar-refractivity contribution in [2.24, 2.45) is 0 Å². The second-order valence-corrected chi connectivity index (χ2v) is 16.0. The number of aromatic nitrogens is 1. The van der Waals surface area contributed by atoms with Gasteiger partial charge in [-0.1, -0.05) is 133 Å². The molecule has 0 aliphatic rings. The van der Waals surface area contributed by atoms with E-state index in [-0.39, 0.29) is 0 Å². The Morgan fingerprint density at radius 1 is 0.420 bits per heavy atom. The minimum absolute atomic E-state index is 0.396. The summed E-state index contributed by atoms with van der Waals surface area (Å²) in [7, 11) is -3.02. The van der Waals surface area contributed by atoms with E-state index in [1.54, 1.807) is 6.07 Å². The maximum atomic E-state index is 10.8.